The zero-order chi connectivity index (χ0) is 12.9. The van der Waals surface area contributed by atoms with Crippen molar-refractivity contribution in [2.45, 2.75) is 46.5 Å². The lowest BCUT2D eigenvalue weighted by molar-refractivity contribution is -0.125. The minimum Gasteiger partial charge on any atom is -0.355 e. The van der Waals surface area contributed by atoms with Gasteiger partial charge in [-0.2, -0.15) is 0 Å². The van der Waals surface area contributed by atoms with Crippen LogP contribution in [0.25, 0.3) is 0 Å². The second kappa shape index (κ2) is 6.39. The Morgan fingerprint density at radius 3 is 2.35 bits per heavy atom. The molecule has 3 heteroatoms. The Bertz CT molecular complexity index is 247. The first-order valence-electron chi connectivity index (χ1n) is 6.91. The Kier molecular flexibility index (Phi) is 5.44. The standard InChI is InChI=1S/C14H28N2O/c1-11(2)8-14(6-5-7-14)10-16-13(17)12(3)9-15-4/h11-12,15H,5-10H2,1-4H3,(H,16,17). The molecule has 1 amide bonds. The zero-order valence-corrected chi connectivity index (χ0v) is 11.8. The maximum Gasteiger partial charge on any atom is 0.224 e. The number of nitrogens with one attached hydrogen (secondary N) is 2. The Morgan fingerprint density at radius 2 is 1.94 bits per heavy atom. The van der Waals surface area contributed by atoms with Crippen LogP contribution in [0.5, 0.6) is 0 Å². The van der Waals surface area contributed by atoms with Gasteiger partial charge in [0, 0.05) is 19.0 Å². The molecule has 100 valence electrons. The molecule has 0 aromatic heterocycles. The van der Waals surface area contributed by atoms with Gasteiger partial charge in [0.05, 0.1) is 0 Å². The second-order valence-corrected chi connectivity index (χ2v) is 6.13. The van der Waals surface area contributed by atoms with Crippen molar-refractivity contribution < 1.29 is 4.79 Å². The highest BCUT2D eigenvalue weighted by molar-refractivity contribution is 5.78. The van der Waals surface area contributed by atoms with Crippen LogP contribution in [0.4, 0.5) is 0 Å². The number of carbonyl (C=O) groups excluding carboxylic acids is 1. The highest BCUT2D eigenvalue weighted by Gasteiger charge is 2.37. The van der Waals surface area contributed by atoms with E-state index in [0.717, 1.165) is 19.0 Å². The smallest absolute Gasteiger partial charge is 0.224 e. The first-order chi connectivity index (χ1) is 7.99. The van der Waals surface area contributed by atoms with E-state index in [1.54, 1.807) is 0 Å². The van der Waals surface area contributed by atoms with Gasteiger partial charge < -0.3 is 10.6 Å². The first kappa shape index (κ1) is 14.5. The molecule has 1 rings (SSSR count). The summed E-state index contributed by atoms with van der Waals surface area (Å²) in [4.78, 5) is 11.9. The zero-order valence-electron chi connectivity index (χ0n) is 11.8. The Labute approximate surface area is 106 Å². The van der Waals surface area contributed by atoms with Gasteiger partial charge in [-0.1, -0.05) is 27.2 Å². The quantitative estimate of drug-likeness (QED) is 0.716. The summed E-state index contributed by atoms with van der Waals surface area (Å²) in [7, 11) is 1.88. The van der Waals surface area contributed by atoms with Crippen LogP contribution in [0.15, 0.2) is 0 Å². The van der Waals surface area contributed by atoms with E-state index in [9.17, 15) is 4.79 Å². The number of amides is 1. The van der Waals surface area contributed by atoms with Crippen molar-refractivity contribution in [2.75, 3.05) is 20.1 Å². The van der Waals surface area contributed by atoms with E-state index in [2.05, 4.69) is 24.5 Å². The van der Waals surface area contributed by atoms with Crippen molar-refractivity contribution in [3.8, 4) is 0 Å². The van der Waals surface area contributed by atoms with Gasteiger partial charge in [0.1, 0.15) is 0 Å². The summed E-state index contributed by atoms with van der Waals surface area (Å²) in [5.41, 5.74) is 0.406. The van der Waals surface area contributed by atoms with E-state index in [4.69, 9.17) is 0 Å². The lowest BCUT2D eigenvalue weighted by Gasteiger charge is -2.43. The molecule has 1 saturated carbocycles. The maximum absolute atomic E-state index is 11.9. The van der Waals surface area contributed by atoms with Crippen LogP contribution >= 0.6 is 0 Å². The highest BCUT2D eigenvalue weighted by Crippen LogP contribution is 2.45. The summed E-state index contributed by atoms with van der Waals surface area (Å²) in [5, 5.41) is 6.18. The number of carbonyl (C=O) groups is 1. The highest BCUT2D eigenvalue weighted by atomic mass is 16.1. The average molecular weight is 240 g/mol. The third kappa shape index (κ3) is 4.30. The average Bonchev–Trinajstić information content (AvgIpc) is 2.21. The first-order valence-corrected chi connectivity index (χ1v) is 6.91. The van der Waals surface area contributed by atoms with Crippen molar-refractivity contribution in [1.29, 1.82) is 0 Å². The molecule has 1 fully saturated rings. The summed E-state index contributed by atoms with van der Waals surface area (Å²) in [6.07, 6.45) is 5.14. The van der Waals surface area contributed by atoms with Gasteiger partial charge in [-0.25, -0.2) is 0 Å². The molecule has 0 aromatic rings. The maximum atomic E-state index is 11.9. The van der Waals surface area contributed by atoms with Crippen LogP contribution in [-0.2, 0) is 4.79 Å². The van der Waals surface area contributed by atoms with Crippen LogP contribution in [-0.4, -0.2) is 26.0 Å². The fourth-order valence-corrected chi connectivity index (χ4v) is 2.84. The van der Waals surface area contributed by atoms with Crippen LogP contribution in [0, 0.1) is 17.3 Å². The predicted octanol–water partition coefficient (Wildman–Crippen LogP) is 2.17. The van der Waals surface area contributed by atoms with Crippen LogP contribution in [0.3, 0.4) is 0 Å². The largest absolute Gasteiger partial charge is 0.355 e. The van der Waals surface area contributed by atoms with Gasteiger partial charge in [0.15, 0.2) is 0 Å². The minimum atomic E-state index is 0.0659. The molecule has 2 N–H and O–H groups in total. The van der Waals surface area contributed by atoms with Crippen LogP contribution < -0.4 is 10.6 Å². The third-order valence-corrected chi connectivity index (χ3v) is 3.85. The Morgan fingerprint density at radius 1 is 1.29 bits per heavy atom. The van der Waals surface area contributed by atoms with Gasteiger partial charge >= 0.3 is 0 Å². The van der Waals surface area contributed by atoms with Crippen molar-refractivity contribution >= 4 is 5.91 Å². The molecule has 1 aliphatic carbocycles. The molecule has 0 aliphatic heterocycles. The normalized spacial score (nSPS) is 19.8. The summed E-state index contributed by atoms with van der Waals surface area (Å²) in [5.74, 6) is 0.979. The molecule has 0 radical (unpaired) electrons. The van der Waals surface area contributed by atoms with E-state index in [-0.39, 0.29) is 11.8 Å². The van der Waals surface area contributed by atoms with Gasteiger partial charge in [0.25, 0.3) is 0 Å². The van der Waals surface area contributed by atoms with Gasteiger partial charge in [-0.15, -0.1) is 0 Å². The topological polar surface area (TPSA) is 41.1 Å². The molecule has 3 nitrogen and oxygen atoms in total. The van der Waals surface area contributed by atoms with Crippen LogP contribution in [0.1, 0.15) is 46.5 Å². The SMILES string of the molecule is CNCC(C)C(=O)NCC1(CC(C)C)CCC1. The molecule has 0 saturated heterocycles. The molecule has 1 atom stereocenters. The molecule has 0 spiro atoms. The Hall–Kier alpha value is -0.570. The predicted molar refractivity (Wildman–Crippen MR) is 71.8 cm³/mol. The molecule has 17 heavy (non-hydrogen) atoms. The van der Waals surface area contributed by atoms with E-state index >= 15 is 0 Å². The Balaban J connectivity index is 2.35. The third-order valence-electron chi connectivity index (χ3n) is 3.85. The number of hydrogen-bond acceptors (Lipinski definition) is 2. The lowest BCUT2D eigenvalue weighted by atomic mass is 9.64. The van der Waals surface area contributed by atoms with E-state index in [1.807, 2.05) is 14.0 Å². The van der Waals surface area contributed by atoms with Crippen molar-refractivity contribution in [3.05, 3.63) is 0 Å². The monoisotopic (exact) mass is 240 g/mol. The summed E-state index contributed by atoms with van der Waals surface area (Å²) < 4.78 is 0. The molecular weight excluding hydrogens is 212 g/mol. The summed E-state index contributed by atoms with van der Waals surface area (Å²) >= 11 is 0. The second-order valence-electron chi connectivity index (χ2n) is 6.13. The van der Waals surface area contributed by atoms with Crippen molar-refractivity contribution in [3.63, 3.8) is 0 Å². The number of hydrogen-bond donors (Lipinski definition) is 2. The van der Waals surface area contributed by atoms with E-state index in [0.29, 0.717) is 5.41 Å². The van der Waals surface area contributed by atoms with Crippen molar-refractivity contribution in [1.82, 2.24) is 10.6 Å². The van der Waals surface area contributed by atoms with Gasteiger partial charge in [-0.05, 0) is 37.6 Å². The molecule has 0 aromatic carbocycles. The van der Waals surface area contributed by atoms with E-state index < -0.39 is 0 Å². The summed E-state index contributed by atoms with van der Waals surface area (Å²) in [6, 6.07) is 0. The molecule has 1 aliphatic rings. The van der Waals surface area contributed by atoms with Gasteiger partial charge in [0.2, 0.25) is 5.91 Å². The minimum absolute atomic E-state index is 0.0659. The molecule has 0 bridgehead atoms. The molecular formula is C14H28N2O. The van der Waals surface area contributed by atoms with Gasteiger partial charge in [-0.3, -0.25) is 4.79 Å². The molecule has 0 heterocycles. The fraction of sp³-hybridized carbons (Fsp3) is 0.929. The summed E-state index contributed by atoms with van der Waals surface area (Å²) in [6.45, 7) is 8.14. The van der Waals surface area contributed by atoms with Crippen LogP contribution in [0.2, 0.25) is 0 Å². The lowest BCUT2D eigenvalue weighted by Crippen LogP contribution is -2.45. The molecule has 1 unspecified atom stereocenters. The van der Waals surface area contributed by atoms with Crippen molar-refractivity contribution in [2.24, 2.45) is 17.3 Å². The van der Waals surface area contributed by atoms with E-state index in [1.165, 1.54) is 25.7 Å². The fourth-order valence-electron chi connectivity index (χ4n) is 2.84. The number of rotatable bonds is 7.